The molecule has 4 N–H and O–H groups in total. The molecule has 0 aromatic heterocycles. The van der Waals surface area contributed by atoms with Crippen LogP contribution in [0, 0.1) is 0 Å². The van der Waals surface area contributed by atoms with Crippen LogP contribution in [0.5, 0.6) is 0 Å². The van der Waals surface area contributed by atoms with Crippen molar-refractivity contribution in [1.82, 2.24) is 5.32 Å². The fourth-order valence-corrected chi connectivity index (χ4v) is 1.52. The lowest BCUT2D eigenvalue weighted by atomic mass is 10.1. The summed E-state index contributed by atoms with van der Waals surface area (Å²) in [5.41, 5.74) is 7.23. The zero-order chi connectivity index (χ0) is 13.5. The molecule has 0 aromatic carbocycles. The topological polar surface area (TPSA) is 92.4 Å². The van der Waals surface area contributed by atoms with Gasteiger partial charge in [-0.15, -0.1) is 0 Å². The van der Waals surface area contributed by atoms with E-state index in [1.165, 1.54) is 6.92 Å². The smallest absolute Gasteiger partial charge is 0.320 e. The summed E-state index contributed by atoms with van der Waals surface area (Å²) in [6.07, 6.45) is 8.53. The summed E-state index contributed by atoms with van der Waals surface area (Å²) >= 11 is 0. The summed E-state index contributed by atoms with van der Waals surface area (Å²) in [6, 6.07) is -0.882. The Morgan fingerprint density at radius 3 is 2.78 bits per heavy atom. The molecule has 0 amide bonds. The number of carboxylic acid groups (broad SMARTS) is 1. The van der Waals surface area contributed by atoms with E-state index in [9.17, 15) is 9.59 Å². The zero-order valence-corrected chi connectivity index (χ0v) is 10.3. The highest BCUT2D eigenvalue weighted by Gasteiger charge is 2.12. The van der Waals surface area contributed by atoms with Crippen LogP contribution >= 0.6 is 0 Å². The minimum absolute atomic E-state index is 0.0645. The van der Waals surface area contributed by atoms with Gasteiger partial charge in [-0.3, -0.25) is 9.59 Å². The minimum Gasteiger partial charge on any atom is -0.480 e. The van der Waals surface area contributed by atoms with Crippen LogP contribution in [-0.4, -0.2) is 29.4 Å². The van der Waals surface area contributed by atoms with Crippen LogP contribution in [0.15, 0.2) is 35.6 Å². The standard InChI is InChI=1S/C13H18N2O3/c1-9(16)8-15-11-4-2-3-10(5-6-11)7-12(14)13(17)18/h3-6,12,15H,2,7-8,14H2,1H3,(H,17,18). The van der Waals surface area contributed by atoms with Gasteiger partial charge in [0.15, 0.2) is 0 Å². The first-order valence-corrected chi connectivity index (χ1v) is 5.78. The normalized spacial score (nSPS) is 16.3. The second-order valence-corrected chi connectivity index (χ2v) is 4.21. The van der Waals surface area contributed by atoms with Crippen LogP contribution in [0.3, 0.4) is 0 Å². The van der Waals surface area contributed by atoms with E-state index >= 15 is 0 Å². The summed E-state index contributed by atoms with van der Waals surface area (Å²) in [4.78, 5) is 21.5. The molecule has 18 heavy (non-hydrogen) atoms. The number of carbonyl (C=O) groups excluding carboxylic acids is 1. The highest BCUT2D eigenvalue weighted by atomic mass is 16.4. The van der Waals surface area contributed by atoms with Crippen molar-refractivity contribution < 1.29 is 14.7 Å². The van der Waals surface area contributed by atoms with Gasteiger partial charge in [-0.25, -0.2) is 0 Å². The van der Waals surface area contributed by atoms with Crippen LogP contribution < -0.4 is 11.1 Å². The van der Waals surface area contributed by atoms with E-state index in [4.69, 9.17) is 10.8 Å². The van der Waals surface area contributed by atoms with E-state index in [1.807, 2.05) is 24.3 Å². The van der Waals surface area contributed by atoms with E-state index in [0.717, 1.165) is 11.3 Å². The van der Waals surface area contributed by atoms with Gasteiger partial charge in [0.05, 0.1) is 6.54 Å². The number of nitrogens with two attached hydrogens (primary N) is 1. The van der Waals surface area contributed by atoms with Gasteiger partial charge in [0.2, 0.25) is 0 Å². The van der Waals surface area contributed by atoms with E-state index in [0.29, 0.717) is 19.4 Å². The molecule has 5 nitrogen and oxygen atoms in total. The fraction of sp³-hybridized carbons (Fsp3) is 0.385. The predicted molar refractivity (Wildman–Crippen MR) is 68.8 cm³/mol. The molecule has 1 atom stereocenters. The lowest BCUT2D eigenvalue weighted by Gasteiger charge is -2.06. The molecule has 0 bridgehead atoms. The van der Waals surface area contributed by atoms with Crippen molar-refractivity contribution in [3.8, 4) is 0 Å². The molecule has 1 aliphatic carbocycles. The molecule has 1 rings (SSSR count). The Morgan fingerprint density at radius 2 is 2.17 bits per heavy atom. The van der Waals surface area contributed by atoms with Crippen molar-refractivity contribution in [3.63, 3.8) is 0 Å². The maximum atomic E-state index is 10.8. The molecule has 0 saturated heterocycles. The maximum Gasteiger partial charge on any atom is 0.320 e. The van der Waals surface area contributed by atoms with Crippen molar-refractivity contribution in [2.45, 2.75) is 25.8 Å². The molecule has 0 heterocycles. The van der Waals surface area contributed by atoms with E-state index in [-0.39, 0.29) is 5.78 Å². The summed E-state index contributed by atoms with van der Waals surface area (Å²) in [5.74, 6) is -0.939. The van der Waals surface area contributed by atoms with Crippen molar-refractivity contribution in [2.24, 2.45) is 5.73 Å². The summed E-state index contributed by atoms with van der Waals surface area (Å²) in [5, 5.41) is 11.7. The lowest BCUT2D eigenvalue weighted by molar-refractivity contribution is -0.138. The van der Waals surface area contributed by atoms with Gasteiger partial charge in [0, 0.05) is 5.70 Å². The summed E-state index contributed by atoms with van der Waals surface area (Å²) in [7, 11) is 0. The molecule has 0 aliphatic heterocycles. The number of Topliss-reactive ketones (excluding diaryl/α,β-unsaturated/α-hetero) is 1. The molecule has 0 aromatic rings. The largest absolute Gasteiger partial charge is 0.480 e. The number of rotatable bonds is 6. The highest BCUT2D eigenvalue weighted by molar-refractivity contribution is 5.77. The lowest BCUT2D eigenvalue weighted by Crippen LogP contribution is -2.30. The Labute approximate surface area is 106 Å². The molecular weight excluding hydrogens is 232 g/mol. The molecule has 0 spiro atoms. The third kappa shape index (κ3) is 4.97. The van der Waals surface area contributed by atoms with Gasteiger partial charge in [0.25, 0.3) is 0 Å². The van der Waals surface area contributed by atoms with Crippen molar-refractivity contribution in [1.29, 1.82) is 0 Å². The summed E-state index contributed by atoms with van der Waals surface area (Å²) < 4.78 is 0. The number of carboxylic acids is 1. The molecule has 98 valence electrons. The van der Waals surface area contributed by atoms with Crippen LogP contribution in [0.25, 0.3) is 0 Å². The number of nitrogens with one attached hydrogen (secondary N) is 1. The van der Waals surface area contributed by atoms with Crippen molar-refractivity contribution in [2.75, 3.05) is 6.54 Å². The van der Waals surface area contributed by atoms with Gasteiger partial charge in [-0.2, -0.15) is 0 Å². The third-order valence-electron chi connectivity index (χ3n) is 2.51. The number of allylic oxidation sites excluding steroid dienone is 4. The zero-order valence-electron chi connectivity index (χ0n) is 10.3. The van der Waals surface area contributed by atoms with Crippen LogP contribution in [0.4, 0.5) is 0 Å². The highest BCUT2D eigenvalue weighted by Crippen LogP contribution is 2.13. The van der Waals surface area contributed by atoms with E-state index in [2.05, 4.69) is 5.32 Å². The number of aliphatic carboxylic acids is 1. The third-order valence-corrected chi connectivity index (χ3v) is 2.51. The Kier molecular flexibility index (Phi) is 5.32. The number of hydrogen-bond acceptors (Lipinski definition) is 4. The SMILES string of the molecule is CC(=O)CNC1=CCC=C(CC(N)C(=O)O)C=C1. The predicted octanol–water partition coefficient (Wildman–Crippen LogP) is 0.737. The van der Waals surface area contributed by atoms with E-state index in [1.54, 1.807) is 0 Å². The van der Waals surface area contributed by atoms with Gasteiger partial charge in [0.1, 0.15) is 11.8 Å². The number of ketones is 1. The second-order valence-electron chi connectivity index (χ2n) is 4.21. The van der Waals surface area contributed by atoms with Crippen molar-refractivity contribution in [3.05, 3.63) is 35.6 Å². The molecule has 0 fully saturated rings. The average molecular weight is 250 g/mol. The minimum atomic E-state index is -1.00. The molecule has 0 saturated carbocycles. The quantitative estimate of drug-likeness (QED) is 0.646. The van der Waals surface area contributed by atoms with Gasteiger partial charge in [-0.1, -0.05) is 18.2 Å². The van der Waals surface area contributed by atoms with Gasteiger partial charge < -0.3 is 16.2 Å². The van der Waals surface area contributed by atoms with E-state index < -0.39 is 12.0 Å². The Morgan fingerprint density at radius 1 is 1.44 bits per heavy atom. The van der Waals surface area contributed by atoms with Crippen LogP contribution in [-0.2, 0) is 9.59 Å². The molecule has 1 aliphatic rings. The molecule has 0 radical (unpaired) electrons. The van der Waals surface area contributed by atoms with Crippen LogP contribution in [0.1, 0.15) is 19.8 Å². The Hall–Kier alpha value is -1.88. The average Bonchev–Trinajstić information content (AvgIpc) is 2.51. The molecule has 5 heteroatoms. The van der Waals surface area contributed by atoms with Gasteiger partial charge >= 0.3 is 5.97 Å². The Balaban J connectivity index is 2.53. The number of carbonyl (C=O) groups is 2. The Bertz CT molecular complexity index is 422. The number of hydrogen-bond donors (Lipinski definition) is 3. The first kappa shape index (κ1) is 14.2. The first-order valence-electron chi connectivity index (χ1n) is 5.78. The first-order chi connectivity index (χ1) is 8.49. The van der Waals surface area contributed by atoms with Gasteiger partial charge in [-0.05, 0) is 31.4 Å². The fourth-order valence-electron chi connectivity index (χ4n) is 1.52. The second kappa shape index (κ2) is 6.76. The van der Waals surface area contributed by atoms with Crippen LogP contribution in [0.2, 0.25) is 0 Å². The maximum absolute atomic E-state index is 10.8. The monoisotopic (exact) mass is 250 g/mol. The van der Waals surface area contributed by atoms with Crippen molar-refractivity contribution >= 4 is 11.8 Å². The molecular formula is C13H18N2O3. The summed E-state index contributed by atoms with van der Waals surface area (Å²) in [6.45, 7) is 1.81. The molecule has 1 unspecified atom stereocenters.